The molecule has 0 unspecified atom stereocenters. The Bertz CT molecular complexity index is 905. The van der Waals surface area contributed by atoms with Crippen molar-refractivity contribution in [3.8, 4) is 11.9 Å². The molecule has 2 aromatic heterocycles. The molecule has 0 N–H and O–H groups in total. The second-order valence-electron chi connectivity index (χ2n) is 4.60. The molecule has 110 valence electrons. The Hall–Kier alpha value is -2.95. The SMILES string of the molecule is Cc1nn(-c2ncncc2C(F)(F)F)c2ccc(C#N)cc12. The van der Waals surface area contributed by atoms with Crippen molar-refractivity contribution in [3.05, 3.63) is 47.5 Å². The summed E-state index contributed by atoms with van der Waals surface area (Å²) in [7, 11) is 0. The number of hydrogen-bond donors (Lipinski definition) is 0. The van der Waals surface area contributed by atoms with E-state index in [2.05, 4.69) is 15.1 Å². The average molecular weight is 303 g/mol. The normalized spacial score (nSPS) is 11.6. The molecule has 0 atom stereocenters. The van der Waals surface area contributed by atoms with Gasteiger partial charge in [0, 0.05) is 11.6 Å². The third kappa shape index (κ3) is 2.16. The molecule has 0 bridgehead atoms. The highest BCUT2D eigenvalue weighted by Gasteiger charge is 2.36. The zero-order valence-electron chi connectivity index (χ0n) is 11.3. The molecule has 0 aliphatic heterocycles. The van der Waals surface area contributed by atoms with Crippen molar-refractivity contribution in [1.29, 1.82) is 5.26 Å². The largest absolute Gasteiger partial charge is 0.421 e. The third-order valence-corrected chi connectivity index (χ3v) is 3.19. The second-order valence-corrected chi connectivity index (χ2v) is 4.60. The monoisotopic (exact) mass is 303 g/mol. The third-order valence-electron chi connectivity index (χ3n) is 3.19. The number of halogens is 3. The zero-order chi connectivity index (χ0) is 15.9. The van der Waals surface area contributed by atoms with E-state index in [0.29, 0.717) is 22.2 Å². The zero-order valence-corrected chi connectivity index (χ0v) is 11.3. The van der Waals surface area contributed by atoms with E-state index in [1.165, 1.54) is 6.07 Å². The molecule has 22 heavy (non-hydrogen) atoms. The van der Waals surface area contributed by atoms with E-state index < -0.39 is 11.7 Å². The van der Waals surface area contributed by atoms with Gasteiger partial charge in [-0.15, -0.1) is 0 Å². The summed E-state index contributed by atoms with van der Waals surface area (Å²) < 4.78 is 40.4. The number of rotatable bonds is 1. The van der Waals surface area contributed by atoms with Crippen LogP contribution in [0.15, 0.2) is 30.7 Å². The molecule has 0 amide bonds. The minimum Gasteiger partial charge on any atom is -0.244 e. The Kier molecular flexibility index (Phi) is 3.06. The molecule has 0 fully saturated rings. The molecule has 0 spiro atoms. The number of alkyl halides is 3. The van der Waals surface area contributed by atoms with Crippen LogP contribution in [0.5, 0.6) is 0 Å². The number of hydrogen-bond acceptors (Lipinski definition) is 4. The van der Waals surface area contributed by atoms with Gasteiger partial charge in [-0.25, -0.2) is 14.6 Å². The fraction of sp³-hybridized carbons (Fsp3) is 0.143. The summed E-state index contributed by atoms with van der Waals surface area (Å²) in [5.74, 6) is -0.342. The van der Waals surface area contributed by atoms with Crippen LogP contribution in [0.1, 0.15) is 16.8 Å². The Morgan fingerprint density at radius 1 is 1.27 bits per heavy atom. The predicted molar refractivity (Wildman–Crippen MR) is 71.1 cm³/mol. The van der Waals surface area contributed by atoms with Crippen LogP contribution < -0.4 is 0 Å². The van der Waals surface area contributed by atoms with E-state index in [9.17, 15) is 13.2 Å². The van der Waals surface area contributed by atoms with E-state index >= 15 is 0 Å². The minimum absolute atomic E-state index is 0.342. The minimum atomic E-state index is -4.59. The Balaban J connectivity index is 2.31. The Labute approximate surface area is 122 Å². The molecular formula is C14H8F3N5. The van der Waals surface area contributed by atoms with Gasteiger partial charge in [-0.1, -0.05) is 0 Å². The number of nitriles is 1. The van der Waals surface area contributed by atoms with Crippen LogP contribution in [0.25, 0.3) is 16.7 Å². The van der Waals surface area contributed by atoms with Gasteiger partial charge in [0.15, 0.2) is 5.82 Å². The van der Waals surface area contributed by atoms with Crippen molar-refractivity contribution in [1.82, 2.24) is 19.7 Å². The molecule has 0 saturated heterocycles. The number of fused-ring (bicyclic) bond motifs is 1. The first-order chi connectivity index (χ1) is 10.4. The van der Waals surface area contributed by atoms with Crippen molar-refractivity contribution in [3.63, 3.8) is 0 Å². The first-order valence-electron chi connectivity index (χ1n) is 6.19. The van der Waals surface area contributed by atoms with Crippen molar-refractivity contribution in [2.24, 2.45) is 0 Å². The Morgan fingerprint density at radius 3 is 2.73 bits per heavy atom. The maximum Gasteiger partial charge on any atom is 0.421 e. The highest BCUT2D eigenvalue weighted by molar-refractivity contribution is 5.84. The second kappa shape index (κ2) is 4.80. The maximum absolute atomic E-state index is 13.1. The van der Waals surface area contributed by atoms with Gasteiger partial charge in [-0.05, 0) is 25.1 Å². The summed E-state index contributed by atoms with van der Waals surface area (Å²) in [6, 6.07) is 6.65. The smallest absolute Gasteiger partial charge is 0.244 e. The predicted octanol–water partition coefficient (Wildman–Crippen LogP) is 3.01. The van der Waals surface area contributed by atoms with Crippen LogP contribution in [0.3, 0.4) is 0 Å². The van der Waals surface area contributed by atoms with Gasteiger partial charge in [-0.3, -0.25) is 0 Å². The van der Waals surface area contributed by atoms with Crippen LogP contribution in [0.2, 0.25) is 0 Å². The highest BCUT2D eigenvalue weighted by Crippen LogP contribution is 2.33. The molecule has 1 aromatic carbocycles. The van der Waals surface area contributed by atoms with E-state index in [0.717, 1.165) is 17.2 Å². The molecule has 2 heterocycles. The summed E-state index contributed by atoms with van der Waals surface area (Å²) >= 11 is 0. The van der Waals surface area contributed by atoms with E-state index in [1.54, 1.807) is 19.1 Å². The summed E-state index contributed by atoms with van der Waals surface area (Å²) in [5.41, 5.74) is 0.400. The molecular weight excluding hydrogens is 295 g/mol. The van der Waals surface area contributed by atoms with Crippen molar-refractivity contribution in [2.75, 3.05) is 0 Å². The van der Waals surface area contributed by atoms with Gasteiger partial charge in [0.05, 0.1) is 22.8 Å². The first kappa shape index (κ1) is 14.0. The molecule has 0 aliphatic carbocycles. The molecule has 0 aliphatic rings. The summed E-state index contributed by atoms with van der Waals surface area (Å²) in [4.78, 5) is 7.16. The van der Waals surface area contributed by atoms with Crippen molar-refractivity contribution < 1.29 is 13.2 Å². The Morgan fingerprint density at radius 2 is 2.05 bits per heavy atom. The van der Waals surface area contributed by atoms with Gasteiger partial charge >= 0.3 is 6.18 Å². The van der Waals surface area contributed by atoms with E-state index in [1.807, 2.05) is 6.07 Å². The lowest BCUT2D eigenvalue weighted by atomic mass is 10.1. The number of aromatic nitrogens is 4. The van der Waals surface area contributed by atoms with Gasteiger partial charge in [0.25, 0.3) is 0 Å². The van der Waals surface area contributed by atoms with E-state index in [-0.39, 0.29) is 5.82 Å². The lowest BCUT2D eigenvalue weighted by Crippen LogP contribution is -2.13. The van der Waals surface area contributed by atoms with Crippen molar-refractivity contribution >= 4 is 10.9 Å². The van der Waals surface area contributed by atoms with Gasteiger partial charge in [-0.2, -0.15) is 23.5 Å². The topological polar surface area (TPSA) is 67.4 Å². The van der Waals surface area contributed by atoms with Crippen LogP contribution >= 0.6 is 0 Å². The van der Waals surface area contributed by atoms with Crippen LogP contribution in [-0.2, 0) is 6.18 Å². The quantitative estimate of drug-likeness (QED) is 0.693. The van der Waals surface area contributed by atoms with Crippen LogP contribution in [0, 0.1) is 18.3 Å². The lowest BCUT2D eigenvalue weighted by molar-refractivity contribution is -0.138. The lowest BCUT2D eigenvalue weighted by Gasteiger charge is -2.11. The van der Waals surface area contributed by atoms with E-state index in [4.69, 9.17) is 5.26 Å². The summed E-state index contributed by atoms with van der Waals surface area (Å²) in [6.45, 7) is 1.66. The summed E-state index contributed by atoms with van der Waals surface area (Å²) in [6.07, 6.45) is -2.83. The first-order valence-corrected chi connectivity index (χ1v) is 6.19. The van der Waals surface area contributed by atoms with Crippen molar-refractivity contribution in [2.45, 2.75) is 13.1 Å². The molecule has 3 aromatic rings. The van der Waals surface area contributed by atoms with Gasteiger partial charge in [0.1, 0.15) is 11.9 Å². The molecule has 0 saturated carbocycles. The van der Waals surface area contributed by atoms with Crippen LogP contribution in [0.4, 0.5) is 13.2 Å². The fourth-order valence-electron chi connectivity index (χ4n) is 2.19. The number of aryl methyl sites for hydroxylation is 1. The number of nitrogens with zero attached hydrogens (tertiary/aromatic N) is 5. The van der Waals surface area contributed by atoms with Crippen LogP contribution in [-0.4, -0.2) is 19.7 Å². The maximum atomic E-state index is 13.1. The highest BCUT2D eigenvalue weighted by atomic mass is 19.4. The molecule has 0 radical (unpaired) electrons. The standard InChI is InChI=1S/C14H8F3N5/c1-8-10-4-9(5-18)2-3-12(10)22(21-8)13-11(14(15,16)17)6-19-7-20-13/h2-4,6-7H,1H3. The fourth-order valence-corrected chi connectivity index (χ4v) is 2.19. The molecule has 3 rings (SSSR count). The van der Waals surface area contributed by atoms with Gasteiger partial charge in [0.2, 0.25) is 0 Å². The van der Waals surface area contributed by atoms with Gasteiger partial charge < -0.3 is 0 Å². The number of benzene rings is 1. The average Bonchev–Trinajstić information content (AvgIpc) is 2.83. The molecule has 5 nitrogen and oxygen atoms in total. The molecule has 8 heteroatoms. The summed E-state index contributed by atoms with van der Waals surface area (Å²) in [5, 5.41) is 13.6.